The first-order valence-electron chi connectivity index (χ1n) is 10.4. The minimum Gasteiger partial charge on any atom is -0.454 e. The summed E-state index contributed by atoms with van der Waals surface area (Å²) >= 11 is 0. The second-order valence-electron chi connectivity index (χ2n) is 8.79. The average Bonchev–Trinajstić information content (AvgIpc) is 3.25. The molecule has 0 radical (unpaired) electrons. The van der Waals surface area contributed by atoms with E-state index in [9.17, 15) is 9.59 Å². The van der Waals surface area contributed by atoms with E-state index in [1.54, 1.807) is 7.05 Å². The minimum atomic E-state index is -0.686. The largest absolute Gasteiger partial charge is 0.454 e. The van der Waals surface area contributed by atoms with Crippen molar-refractivity contribution in [1.29, 1.82) is 0 Å². The third kappa shape index (κ3) is 3.12. The molecule has 0 spiro atoms. The molecule has 0 atom stereocenters. The molecule has 7 nitrogen and oxygen atoms in total. The second kappa shape index (κ2) is 6.77. The Bertz CT molecular complexity index is 1220. The molecule has 5 rings (SSSR count). The Morgan fingerprint density at radius 3 is 2.58 bits per heavy atom. The van der Waals surface area contributed by atoms with Crippen LogP contribution in [-0.2, 0) is 20.4 Å². The summed E-state index contributed by atoms with van der Waals surface area (Å²) in [7, 11) is 1.63. The van der Waals surface area contributed by atoms with Crippen LogP contribution in [0.25, 0.3) is 10.9 Å². The first-order valence-corrected chi connectivity index (χ1v) is 10.4. The van der Waals surface area contributed by atoms with Crippen LogP contribution in [0.2, 0.25) is 0 Å². The van der Waals surface area contributed by atoms with E-state index in [2.05, 4.69) is 15.6 Å². The zero-order valence-electron chi connectivity index (χ0n) is 17.8. The number of hydrogen-bond donors (Lipinski definition) is 3. The smallest absolute Gasteiger partial charge is 0.235 e. The fourth-order valence-electron chi connectivity index (χ4n) is 4.20. The van der Waals surface area contributed by atoms with E-state index in [1.165, 1.54) is 0 Å². The number of aromatic amines is 1. The highest BCUT2D eigenvalue weighted by atomic mass is 16.7. The van der Waals surface area contributed by atoms with Gasteiger partial charge in [0.1, 0.15) is 0 Å². The molecule has 3 aromatic rings. The van der Waals surface area contributed by atoms with Crippen LogP contribution in [0.1, 0.15) is 40.8 Å². The van der Waals surface area contributed by atoms with Gasteiger partial charge in [-0.25, -0.2) is 0 Å². The molecular weight excluding hydrogens is 394 g/mol. The number of nitrogens with one attached hydrogen (secondary N) is 3. The Balaban J connectivity index is 0.00000153. The fraction of sp³-hybridized carbons (Fsp3) is 0.333. The van der Waals surface area contributed by atoms with Crippen LogP contribution in [-0.4, -0.2) is 30.6 Å². The van der Waals surface area contributed by atoms with Crippen LogP contribution >= 0.6 is 0 Å². The van der Waals surface area contributed by atoms with E-state index in [-0.39, 0.29) is 21.5 Å². The van der Waals surface area contributed by atoms with Crippen molar-refractivity contribution in [3.8, 4) is 11.5 Å². The summed E-state index contributed by atoms with van der Waals surface area (Å²) < 4.78 is 10.9. The van der Waals surface area contributed by atoms with E-state index >= 15 is 0 Å². The van der Waals surface area contributed by atoms with Crippen molar-refractivity contribution in [3.05, 3.63) is 53.7 Å². The second-order valence-corrected chi connectivity index (χ2v) is 8.79. The van der Waals surface area contributed by atoms with Crippen molar-refractivity contribution in [3.63, 3.8) is 0 Å². The van der Waals surface area contributed by atoms with Crippen molar-refractivity contribution in [1.82, 2.24) is 10.3 Å². The summed E-state index contributed by atoms with van der Waals surface area (Å²) in [5.74, 6) is 1.32. The molecule has 1 fully saturated rings. The number of aromatic nitrogens is 1. The van der Waals surface area contributed by atoms with Gasteiger partial charge in [-0.05, 0) is 68.7 Å². The molecule has 164 valence electrons. The molecule has 31 heavy (non-hydrogen) atoms. The van der Waals surface area contributed by atoms with Gasteiger partial charge in [-0.15, -0.1) is 0 Å². The zero-order chi connectivity index (χ0) is 21.8. The highest BCUT2D eigenvalue weighted by Gasteiger charge is 2.51. The van der Waals surface area contributed by atoms with E-state index < -0.39 is 10.8 Å². The molecule has 0 bridgehead atoms. The summed E-state index contributed by atoms with van der Waals surface area (Å²) in [4.78, 5) is 28.7. The maximum Gasteiger partial charge on any atom is 0.235 e. The lowest BCUT2D eigenvalue weighted by Crippen LogP contribution is -2.38. The van der Waals surface area contributed by atoms with E-state index in [0.717, 1.165) is 40.7 Å². The Morgan fingerprint density at radius 1 is 1.06 bits per heavy atom. The fourth-order valence-corrected chi connectivity index (χ4v) is 4.20. The van der Waals surface area contributed by atoms with E-state index in [4.69, 9.17) is 9.47 Å². The third-order valence-electron chi connectivity index (χ3n) is 6.46. The van der Waals surface area contributed by atoms with Gasteiger partial charge >= 0.3 is 0 Å². The average molecular weight is 424 g/mol. The Kier molecular flexibility index (Phi) is 4.25. The van der Waals surface area contributed by atoms with Crippen LogP contribution < -0.4 is 20.1 Å². The summed E-state index contributed by atoms with van der Waals surface area (Å²) in [6, 6.07) is 13.4. The number of carbonyl (C=O) groups is 2. The number of fused-ring (bicyclic) bond motifs is 2. The molecule has 7 heteroatoms. The number of H-pyrrole nitrogens is 1. The third-order valence-corrected chi connectivity index (χ3v) is 6.46. The highest BCUT2D eigenvalue weighted by Crippen LogP contribution is 2.51. The van der Waals surface area contributed by atoms with Crippen molar-refractivity contribution in [2.45, 2.75) is 37.5 Å². The van der Waals surface area contributed by atoms with Gasteiger partial charge in [-0.3, -0.25) is 9.59 Å². The molecule has 1 aromatic heterocycles. The summed E-state index contributed by atoms with van der Waals surface area (Å²) in [6.07, 6.45) is 1.60. The predicted molar refractivity (Wildman–Crippen MR) is 122 cm³/mol. The van der Waals surface area contributed by atoms with Crippen molar-refractivity contribution in [2.24, 2.45) is 0 Å². The molecule has 2 aromatic carbocycles. The van der Waals surface area contributed by atoms with Gasteiger partial charge in [0.05, 0.1) is 10.8 Å². The predicted octanol–water partition coefficient (Wildman–Crippen LogP) is 4.08. The lowest BCUT2D eigenvalue weighted by molar-refractivity contribution is -0.125. The SMILES string of the molecule is CNC(=O)C(C)(C)c1cc2cc(NC(=O)C3(c4ccc5c(c4)OCO5)CC3)ccc2[nH]1.[HH].[HH]. The lowest BCUT2D eigenvalue weighted by Gasteiger charge is -2.20. The number of ether oxygens (including phenoxy) is 2. The maximum absolute atomic E-state index is 13.2. The van der Waals surface area contributed by atoms with Crippen molar-refractivity contribution in [2.75, 3.05) is 19.2 Å². The van der Waals surface area contributed by atoms with Gasteiger partial charge in [0, 0.05) is 32.2 Å². The van der Waals surface area contributed by atoms with E-state index in [1.807, 2.05) is 56.3 Å². The van der Waals surface area contributed by atoms with Crippen LogP contribution in [0.15, 0.2) is 42.5 Å². The number of hydrogen-bond acceptors (Lipinski definition) is 4. The number of amides is 2. The van der Waals surface area contributed by atoms with Crippen molar-refractivity contribution >= 4 is 28.4 Å². The monoisotopic (exact) mass is 423 g/mol. The lowest BCUT2D eigenvalue weighted by atomic mass is 9.88. The number of anilines is 1. The minimum absolute atomic E-state index is 0. The first kappa shape index (κ1) is 19.5. The molecular formula is C24H29N3O4. The van der Waals surface area contributed by atoms with Gasteiger partial charge in [0.25, 0.3) is 0 Å². The molecule has 2 amide bonds. The van der Waals surface area contributed by atoms with E-state index in [0.29, 0.717) is 11.5 Å². The molecule has 1 saturated carbocycles. The van der Waals surface area contributed by atoms with Crippen LogP contribution in [0.4, 0.5) is 5.69 Å². The summed E-state index contributed by atoms with van der Waals surface area (Å²) in [6.45, 7) is 3.97. The Hall–Kier alpha value is -3.48. The molecule has 2 heterocycles. The number of rotatable bonds is 5. The zero-order valence-corrected chi connectivity index (χ0v) is 17.8. The van der Waals surface area contributed by atoms with Crippen molar-refractivity contribution < 1.29 is 21.9 Å². The summed E-state index contributed by atoms with van der Waals surface area (Å²) in [5, 5.41) is 6.73. The number of carbonyl (C=O) groups excluding carboxylic acids is 2. The van der Waals surface area contributed by atoms with Gasteiger partial charge in [-0.1, -0.05) is 6.07 Å². The molecule has 2 aliphatic rings. The van der Waals surface area contributed by atoms with Gasteiger partial charge in [0.2, 0.25) is 18.6 Å². The molecule has 1 aliphatic carbocycles. The normalized spacial score (nSPS) is 16.2. The van der Waals surface area contributed by atoms with Crippen LogP contribution in [0, 0.1) is 0 Å². The molecule has 0 saturated heterocycles. The highest BCUT2D eigenvalue weighted by molar-refractivity contribution is 6.02. The maximum atomic E-state index is 13.2. The topological polar surface area (TPSA) is 92.5 Å². The standard InChI is InChI=1S/C24H25N3O4.2H2/c1-23(2,21(28)25-3)20-11-14-10-16(5-6-17(14)27-20)26-22(29)24(8-9-24)15-4-7-18-19(12-15)31-13-30-18;;/h4-7,10-12,27H,8-9,13H2,1-3H3,(H,25,28)(H,26,29);2*1H. The molecule has 0 unspecified atom stereocenters. The van der Waals surface area contributed by atoms with Gasteiger partial charge in [-0.2, -0.15) is 0 Å². The molecule has 1 aliphatic heterocycles. The van der Waals surface area contributed by atoms with Gasteiger partial charge < -0.3 is 25.1 Å². The first-order chi connectivity index (χ1) is 14.8. The van der Waals surface area contributed by atoms with Crippen LogP contribution in [0.5, 0.6) is 11.5 Å². The number of likely N-dealkylation sites (N-methyl/N-ethyl adjacent to an activating group) is 1. The van der Waals surface area contributed by atoms with Crippen LogP contribution in [0.3, 0.4) is 0 Å². The van der Waals surface area contributed by atoms with Gasteiger partial charge in [0.15, 0.2) is 11.5 Å². The number of benzene rings is 2. The Labute approximate surface area is 183 Å². The summed E-state index contributed by atoms with van der Waals surface area (Å²) in [5.41, 5.74) is 2.21. The quantitative estimate of drug-likeness (QED) is 0.576. The Morgan fingerprint density at radius 2 is 1.84 bits per heavy atom. The molecule has 3 N–H and O–H groups in total.